The molecule has 4 rings (SSSR count). The Kier molecular flexibility index (Phi) is 4.16. The Balaban J connectivity index is 1.89. The predicted octanol–water partition coefficient (Wildman–Crippen LogP) is 4.75. The Morgan fingerprint density at radius 1 is 1.11 bits per heavy atom. The van der Waals surface area contributed by atoms with Crippen LogP contribution in [0.3, 0.4) is 0 Å². The number of benzene rings is 2. The van der Waals surface area contributed by atoms with Gasteiger partial charge in [-0.1, -0.05) is 0 Å². The van der Waals surface area contributed by atoms with Crippen molar-refractivity contribution in [3.8, 4) is 23.0 Å². The molecule has 0 atom stereocenters. The monoisotopic (exact) mass is 363 g/mol. The van der Waals surface area contributed by atoms with Crippen LogP contribution in [0.25, 0.3) is 33.3 Å². The fourth-order valence-corrected chi connectivity index (χ4v) is 3.04. The summed E-state index contributed by atoms with van der Waals surface area (Å²) in [6.07, 6.45) is 0. The van der Waals surface area contributed by atoms with Gasteiger partial charge >= 0.3 is 5.97 Å². The summed E-state index contributed by atoms with van der Waals surface area (Å²) in [6, 6.07) is 14.0. The molecule has 2 aromatic carbocycles. The minimum Gasteiger partial charge on any atom is -0.497 e. The van der Waals surface area contributed by atoms with Crippen LogP contribution in [-0.2, 0) is 0 Å². The molecule has 0 aliphatic carbocycles. The van der Waals surface area contributed by atoms with Crippen LogP contribution < -0.4 is 9.47 Å². The molecule has 0 saturated carbocycles. The number of aromatic nitrogens is 1. The molecule has 136 valence electrons. The number of carboxylic acids is 1. The lowest BCUT2D eigenvalue weighted by Gasteiger charge is -2.08. The van der Waals surface area contributed by atoms with Crippen molar-refractivity contribution < 1.29 is 23.8 Å². The largest absolute Gasteiger partial charge is 0.497 e. The molecule has 0 radical (unpaired) electrons. The number of fused-ring (bicyclic) bond motifs is 2. The van der Waals surface area contributed by atoms with Crippen LogP contribution in [0, 0.1) is 0 Å². The lowest BCUT2D eigenvalue weighted by Crippen LogP contribution is -2.01. The molecule has 2 heterocycles. The summed E-state index contributed by atoms with van der Waals surface area (Å²) in [7, 11) is 1.60. The fourth-order valence-electron chi connectivity index (χ4n) is 3.04. The maximum Gasteiger partial charge on any atom is 0.336 e. The zero-order valence-corrected chi connectivity index (χ0v) is 14.9. The molecule has 0 aliphatic heterocycles. The minimum atomic E-state index is -1.03. The summed E-state index contributed by atoms with van der Waals surface area (Å²) in [4.78, 5) is 16.4. The topological polar surface area (TPSA) is 81.8 Å². The highest BCUT2D eigenvalue weighted by Gasteiger charge is 2.16. The smallest absolute Gasteiger partial charge is 0.336 e. The van der Waals surface area contributed by atoms with Crippen LogP contribution in [0.2, 0.25) is 0 Å². The van der Waals surface area contributed by atoms with Crippen LogP contribution in [0.4, 0.5) is 0 Å². The minimum absolute atomic E-state index is 0.148. The molecule has 1 N–H and O–H groups in total. The Labute approximate surface area is 155 Å². The maximum atomic E-state index is 11.8. The first-order chi connectivity index (χ1) is 13.1. The number of carboxylic acid groups (broad SMARTS) is 1. The number of ether oxygens (including phenoxy) is 2. The van der Waals surface area contributed by atoms with E-state index in [1.165, 1.54) is 6.07 Å². The van der Waals surface area contributed by atoms with Gasteiger partial charge in [0, 0.05) is 10.8 Å². The number of nitrogens with zero attached hydrogens (tertiary/aromatic N) is 1. The molecule has 0 amide bonds. The van der Waals surface area contributed by atoms with Crippen molar-refractivity contribution in [2.24, 2.45) is 0 Å². The number of aromatic carboxylic acids is 1. The molecular formula is C21H17NO5. The third-order valence-corrected chi connectivity index (χ3v) is 4.30. The predicted molar refractivity (Wildman–Crippen MR) is 102 cm³/mol. The van der Waals surface area contributed by atoms with Crippen LogP contribution in [0.15, 0.2) is 52.9 Å². The SMILES string of the molecule is CCOc1ccc2nc(-c3cc4cc(OC)ccc4o3)cc(C(=O)O)c2c1. The first kappa shape index (κ1) is 16.9. The Bertz CT molecular complexity index is 1160. The first-order valence-corrected chi connectivity index (χ1v) is 8.48. The summed E-state index contributed by atoms with van der Waals surface area (Å²) >= 11 is 0. The molecule has 2 aromatic heterocycles. The second kappa shape index (κ2) is 6.64. The normalized spacial score (nSPS) is 11.0. The zero-order chi connectivity index (χ0) is 19.0. The molecular weight excluding hydrogens is 346 g/mol. The number of rotatable bonds is 5. The number of hydrogen-bond donors (Lipinski definition) is 1. The fraction of sp³-hybridized carbons (Fsp3) is 0.143. The average molecular weight is 363 g/mol. The van der Waals surface area contributed by atoms with E-state index in [9.17, 15) is 9.90 Å². The summed E-state index contributed by atoms with van der Waals surface area (Å²) < 4.78 is 16.6. The molecule has 0 bridgehead atoms. The van der Waals surface area contributed by atoms with E-state index in [0.29, 0.717) is 40.3 Å². The van der Waals surface area contributed by atoms with Crippen LogP contribution in [0.1, 0.15) is 17.3 Å². The van der Waals surface area contributed by atoms with Gasteiger partial charge in [-0.05, 0) is 55.5 Å². The van der Waals surface area contributed by atoms with E-state index in [1.54, 1.807) is 31.4 Å². The van der Waals surface area contributed by atoms with Crippen molar-refractivity contribution in [3.05, 3.63) is 54.1 Å². The Morgan fingerprint density at radius 2 is 1.93 bits per heavy atom. The van der Waals surface area contributed by atoms with E-state index in [4.69, 9.17) is 13.9 Å². The quantitative estimate of drug-likeness (QED) is 0.551. The summed E-state index contributed by atoms with van der Waals surface area (Å²) in [5.41, 5.74) is 1.84. The van der Waals surface area contributed by atoms with Crippen LogP contribution in [0.5, 0.6) is 11.5 Å². The number of methoxy groups -OCH3 is 1. The third-order valence-electron chi connectivity index (χ3n) is 4.30. The van der Waals surface area contributed by atoms with E-state index < -0.39 is 5.97 Å². The molecule has 0 unspecified atom stereocenters. The highest BCUT2D eigenvalue weighted by Crippen LogP contribution is 2.32. The molecule has 0 spiro atoms. The van der Waals surface area contributed by atoms with E-state index >= 15 is 0 Å². The molecule has 27 heavy (non-hydrogen) atoms. The first-order valence-electron chi connectivity index (χ1n) is 8.48. The summed E-state index contributed by atoms with van der Waals surface area (Å²) in [5.74, 6) is 0.792. The van der Waals surface area contributed by atoms with Gasteiger partial charge in [-0.2, -0.15) is 0 Å². The van der Waals surface area contributed by atoms with Crippen LogP contribution in [-0.4, -0.2) is 29.8 Å². The van der Waals surface area contributed by atoms with Gasteiger partial charge in [-0.3, -0.25) is 0 Å². The van der Waals surface area contributed by atoms with Gasteiger partial charge in [-0.25, -0.2) is 9.78 Å². The second-order valence-electron chi connectivity index (χ2n) is 5.99. The van der Waals surface area contributed by atoms with E-state index in [0.717, 1.165) is 11.1 Å². The van der Waals surface area contributed by atoms with Crippen molar-refractivity contribution in [1.29, 1.82) is 0 Å². The van der Waals surface area contributed by atoms with Gasteiger partial charge in [0.1, 0.15) is 22.8 Å². The number of pyridine rings is 1. The van der Waals surface area contributed by atoms with E-state index in [-0.39, 0.29) is 5.56 Å². The van der Waals surface area contributed by atoms with Gasteiger partial charge in [-0.15, -0.1) is 0 Å². The molecule has 0 fully saturated rings. The summed E-state index contributed by atoms with van der Waals surface area (Å²) in [5, 5.41) is 11.0. The number of furan rings is 1. The van der Waals surface area contributed by atoms with Gasteiger partial charge < -0.3 is 19.0 Å². The molecule has 4 aromatic rings. The van der Waals surface area contributed by atoms with Crippen LogP contribution >= 0.6 is 0 Å². The number of hydrogen-bond acceptors (Lipinski definition) is 5. The Morgan fingerprint density at radius 3 is 2.67 bits per heavy atom. The van der Waals surface area contributed by atoms with Crippen molar-refractivity contribution in [1.82, 2.24) is 4.98 Å². The maximum absolute atomic E-state index is 11.8. The highest BCUT2D eigenvalue weighted by atomic mass is 16.5. The van der Waals surface area contributed by atoms with Gasteiger partial charge in [0.05, 0.1) is 24.8 Å². The average Bonchev–Trinajstić information content (AvgIpc) is 3.10. The van der Waals surface area contributed by atoms with Gasteiger partial charge in [0.2, 0.25) is 0 Å². The third kappa shape index (κ3) is 3.06. The van der Waals surface area contributed by atoms with Crippen molar-refractivity contribution in [3.63, 3.8) is 0 Å². The van der Waals surface area contributed by atoms with E-state index in [2.05, 4.69) is 4.98 Å². The summed E-state index contributed by atoms with van der Waals surface area (Å²) in [6.45, 7) is 2.38. The number of carbonyl (C=O) groups is 1. The lowest BCUT2D eigenvalue weighted by molar-refractivity contribution is 0.0699. The standard InChI is InChI=1S/C21H17NO5/c1-3-26-14-4-6-17-15(10-14)16(21(23)24)11-18(22-17)20-9-12-8-13(25-2)5-7-19(12)27-20/h4-11H,3H2,1-2H3,(H,23,24). The molecule has 0 aliphatic rings. The van der Waals surface area contributed by atoms with Crippen molar-refractivity contribution in [2.75, 3.05) is 13.7 Å². The van der Waals surface area contributed by atoms with Crippen molar-refractivity contribution >= 4 is 27.8 Å². The lowest BCUT2D eigenvalue weighted by atomic mass is 10.1. The molecule has 0 saturated heterocycles. The second-order valence-corrected chi connectivity index (χ2v) is 5.99. The molecule has 6 heteroatoms. The zero-order valence-electron chi connectivity index (χ0n) is 14.9. The Hall–Kier alpha value is -3.54. The van der Waals surface area contributed by atoms with Gasteiger partial charge in [0.25, 0.3) is 0 Å². The highest BCUT2D eigenvalue weighted by molar-refractivity contribution is 6.04. The van der Waals surface area contributed by atoms with Crippen molar-refractivity contribution in [2.45, 2.75) is 6.92 Å². The van der Waals surface area contributed by atoms with E-state index in [1.807, 2.05) is 25.1 Å². The van der Waals surface area contributed by atoms with Gasteiger partial charge in [0.15, 0.2) is 5.76 Å². The molecule has 6 nitrogen and oxygen atoms in total.